The van der Waals surface area contributed by atoms with Crippen LogP contribution in [-0.2, 0) is 21.4 Å². The van der Waals surface area contributed by atoms with Crippen LogP contribution in [0.25, 0.3) is 0 Å². The normalized spacial score (nSPS) is 17.0. The fraction of sp³-hybridized carbons (Fsp3) is 0.316. The fourth-order valence-electron chi connectivity index (χ4n) is 2.58. The lowest BCUT2D eigenvalue weighted by molar-refractivity contribution is -0.118. The van der Waals surface area contributed by atoms with Gasteiger partial charge in [-0.15, -0.1) is 11.8 Å². The van der Waals surface area contributed by atoms with E-state index in [2.05, 4.69) is 10.0 Å². The molecule has 0 saturated heterocycles. The number of nitrogens with one attached hydrogen (secondary N) is 2. The molecule has 1 unspecified atom stereocenters. The standard InChI is InChI=1S/C19H22N2O4S2/c1-3-25-15-6-4-14(5-7-15)11-20-27(23,24)16-8-9-18-17(10-16)21-19(22)13(2)12-26-18/h4-10,13,20H,3,11-12H2,1-2H3,(H,21,22). The molecule has 2 aromatic rings. The summed E-state index contributed by atoms with van der Waals surface area (Å²) in [5, 5.41) is 2.81. The van der Waals surface area contributed by atoms with Crippen LogP contribution in [0.5, 0.6) is 5.75 Å². The summed E-state index contributed by atoms with van der Waals surface area (Å²) in [5.41, 5.74) is 1.37. The molecular formula is C19H22N2O4S2. The van der Waals surface area contributed by atoms with Crippen LogP contribution >= 0.6 is 11.8 Å². The molecule has 0 saturated carbocycles. The third-order valence-corrected chi connectivity index (χ3v) is 6.89. The molecule has 144 valence electrons. The van der Waals surface area contributed by atoms with Crippen LogP contribution in [0.3, 0.4) is 0 Å². The number of hydrogen-bond donors (Lipinski definition) is 2. The summed E-state index contributed by atoms with van der Waals surface area (Å²) in [6.45, 7) is 4.51. The summed E-state index contributed by atoms with van der Waals surface area (Å²) in [6.07, 6.45) is 0. The second-order valence-corrected chi connectivity index (χ2v) is 9.09. The Labute approximate surface area is 163 Å². The lowest BCUT2D eigenvalue weighted by atomic mass is 10.2. The Kier molecular flexibility index (Phi) is 6.08. The van der Waals surface area contributed by atoms with Gasteiger partial charge in [0.2, 0.25) is 15.9 Å². The van der Waals surface area contributed by atoms with Gasteiger partial charge in [-0.2, -0.15) is 0 Å². The van der Waals surface area contributed by atoms with Crippen molar-refractivity contribution in [2.45, 2.75) is 30.2 Å². The van der Waals surface area contributed by atoms with Crippen molar-refractivity contribution in [1.29, 1.82) is 0 Å². The molecule has 1 amide bonds. The number of carbonyl (C=O) groups is 1. The molecule has 2 aromatic carbocycles. The van der Waals surface area contributed by atoms with E-state index in [1.807, 2.05) is 38.1 Å². The van der Waals surface area contributed by atoms with Crippen molar-refractivity contribution in [3.05, 3.63) is 48.0 Å². The third-order valence-electron chi connectivity index (χ3n) is 4.16. The summed E-state index contributed by atoms with van der Waals surface area (Å²) in [5.74, 6) is 1.19. The van der Waals surface area contributed by atoms with Crippen LogP contribution < -0.4 is 14.8 Å². The van der Waals surface area contributed by atoms with Gasteiger partial charge >= 0.3 is 0 Å². The predicted molar refractivity (Wildman–Crippen MR) is 107 cm³/mol. The van der Waals surface area contributed by atoms with Crippen LogP contribution in [0.1, 0.15) is 19.4 Å². The lowest BCUT2D eigenvalue weighted by Crippen LogP contribution is -2.24. The Morgan fingerprint density at radius 2 is 1.96 bits per heavy atom. The predicted octanol–water partition coefficient (Wildman–Crippen LogP) is 3.24. The number of rotatable bonds is 6. The Hall–Kier alpha value is -2.03. The molecule has 1 aliphatic rings. The monoisotopic (exact) mass is 406 g/mol. The van der Waals surface area contributed by atoms with Gasteiger partial charge in [-0.3, -0.25) is 4.79 Å². The number of hydrogen-bond acceptors (Lipinski definition) is 5. The molecule has 1 atom stereocenters. The zero-order valence-electron chi connectivity index (χ0n) is 15.2. The van der Waals surface area contributed by atoms with E-state index in [1.165, 1.54) is 6.07 Å². The summed E-state index contributed by atoms with van der Waals surface area (Å²) >= 11 is 1.55. The van der Waals surface area contributed by atoms with Gasteiger partial charge in [-0.25, -0.2) is 13.1 Å². The average molecular weight is 407 g/mol. The number of thioether (sulfide) groups is 1. The van der Waals surface area contributed by atoms with Crippen molar-refractivity contribution in [2.24, 2.45) is 5.92 Å². The summed E-state index contributed by atoms with van der Waals surface area (Å²) < 4.78 is 33.3. The summed E-state index contributed by atoms with van der Waals surface area (Å²) in [4.78, 5) is 13.0. The molecule has 2 N–H and O–H groups in total. The number of anilines is 1. The summed E-state index contributed by atoms with van der Waals surface area (Å²) in [7, 11) is -3.70. The van der Waals surface area contributed by atoms with E-state index >= 15 is 0 Å². The first kappa shape index (κ1) is 19.7. The van der Waals surface area contributed by atoms with Crippen molar-refractivity contribution >= 4 is 33.4 Å². The van der Waals surface area contributed by atoms with Gasteiger partial charge in [-0.05, 0) is 42.8 Å². The van der Waals surface area contributed by atoms with E-state index in [1.54, 1.807) is 23.9 Å². The number of fused-ring (bicyclic) bond motifs is 1. The second-order valence-electron chi connectivity index (χ2n) is 6.26. The number of amides is 1. The molecule has 1 aliphatic heterocycles. The third kappa shape index (κ3) is 4.82. The second kappa shape index (κ2) is 8.33. The fourth-order valence-corrected chi connectivity index (χ4v) is 4.63. The van der Waals surface area contributed by atoms with E-state index in [0.29, 0.717) is 18.0 Å². The van der Waals surface area contributed by atoms with E-state index in [9.17, 15) is 13.2 Å². The number of ether oxygens (including phenoxy) is 1. The van der Waals surface area contributed by atoms with Crippen molar-refractivity contribution in [3.63, 3.8) is 0 Å². The lowest BCUT2D eigenvalue weighted by Gasteiger charge is -2.11. The highest BCUT2D eigenvalue weighted by atomic mass is 32.2. The maximum Gasteiger partial charge on any atom is 0.240 e. The SMILES string of the molecule is CCOc1ccc(CNS(=O)(=O)c2ccc3c(c2)NC(=O)C(C)CS3)cc1. The van der Waals surface area contributed by atoms with Crippen molar-refractivity contribution in [3.8, 4) is 5.75 Å². The number of sulfonamides is 1. The Morgan fingerprint density at radius 1 is 1.22 bits per heavy atom. The van der Waals surface area contributed by atoms with Crippen LogP contribution in [0, 0.1) is 5.92 Å². The Balaban J connectivity index is 1.73. The molecule has 8 heteroatoms. The van der Waals surface area contributed by atoms with Crippen LogP contribution in [0.2, 0.25) is 0 Å². The van der Waals surface area contributed by atoms with E-state index in [-0.39, 0.29) is 23.3 Å². The van der Waals surface area contributed by atoms with E-state index < -0.39 is 10.0 Å². The minimum Gasteiger partial charge on any atom is -0.494 e. The first-order valence-electron chi connectivity index (χ1n) is 8.68. The highest BCUT2D eigenvalue weighted by Crippen LogP contribution is 2.34. The van der Waals surface area contributed by atoms with Gasteiger partial charge in [-0.1, -0.05) is 19.1 Å². The smallest absolute Gasteiger partial charge is 0.240 e. The van der Waals surface area contributed by atoms with Gasteiger partial charge in [0.05, 0.1) is 17.2 Å². The molecular weight excluding hydrogens is 384 g/mol. The maximum absolute atomic E-state index is 12.6. The average Bonchev–Trinajstić information content (AvgIpc) is 2.80. The minimum atomic E-state index is -3.70. The van der Waals surface area contributed by atoms with Gasteiger partial charge in [0, 0.05) is 23.1 Å². The van der Waals surface area contributed by atoms with Crippen molar-refractivity contribution in [1.82, 2.24) is 4.72 Å². The topological polar surface area (TPSA) is 84.5 Å². The van der Waals surface area contributed by atoms with Gasteiger partial charge < -0.3 is 10.1 Å². The molecule has 27 heavy (non-hydrogen) atoms. The van der Waals surface area contributed by atoms with Gasteiger partial charge in [0.1, 0.15) is 5.75 Å². The molecule has 0 aliphatic carbocycles. The Bertz CT molecular complexity index is 927. The van der Waals surface area contributed by atoms with Gasteiger partial charge in [0.15, 0.2) is 0 Å². The van der Waals surface area contributed by atoms with Crippen LogP contribution in [0.4, 0.5) is 5.69 Å². The number of carbonyl (C=O) groups excluding carboxylic acids is 1. The van der Waals surface area contributed by atoms with E-state index in [4.69, 9.17) is 4.74 Å². The molecule has 1 heterocycles. The Morgan fingerprint density at radius 3 is 2.67 bits per heavy atom. The van der Waals surface area contributed by atoms with Crippen LogP contribution in [0.15, 0.2) is 52.3 Å². The molecule has 0 fully saturated rings. The van der Waals surface area contributed by atoms with E-state index in [0.717, 1.165) is 16.2 Å². The highest BCUT2D eigenvalue weighted by molar-refractivity contribution is 7.99. The molecule has 3 rings (SSSR count). The molecule has 6 nitrogen and oxygen atoms in total. The number of benzene rings is 2. The quantitative estimate of drug-likeness (QED) is 0.769. The highest BCUT2D eigenvalue weighted by Gasteiger charge is 2.22. The van der Waals surface area contributed by atoms with Crippen molar-refractivity contribution < 1.29 is 17.9 Å². The first-order chi connectivity index (χ1) is 12.9. The zero-order valence-corrected chi connectivity index (χ0v) is 16.8. The van der Waals surface area contributed by atoms with Crippen molar-refractivity contribution in [2.75, 3.05) is 17.7 Å². The van der Waals surface area contributed by atoms with Crippen LogP contribution in [-0.4, -0.2) is 26.7 Å². The molecule has 0 aromatic heterocycles. The van der Waals surface area contributed by atoms with Gasteiger partial charge in [0.25, 0.3) is 0 Å². The molecule has 0 spiro atoms. The zero-order chi connectivity index (χ0) is 19.4. The summed E-state index contributed by atoms with van der Waals surface area (Å²) in [6, 6.07) is 12.1. The maximum atomic E-state index is 12.6. The first-order valence-corrected chi connectivity index (χ1v) is 11.1. The molecule has 0 bridgehead atoms. The largest absolute Gasteiger partial charge is 0.494 e. The molecule has 0 radical (unpaired) electrons. The minimum absolute atomic E-state index is 0.0989.